The Hall–Kier alpha value is -8.45. The third-order valence-corrected chi connectivity index (χ3v) is 14.1. The highest BCUT2D eigenvalue weighted by molar-refractivity contribution is 7.79. The number of nitrogens with zero attached hydrogens (tertiary/aromatic N) is 2. The lowest BCUT2D eigenvalue weighted by molar-refractivity contribution is 0.126. The van der Waals surface area contributed by atoms with Crippen LogP contribution in [0.1, 0.15) is 38.9 Å². The number of rotatable bonds is 8. The normalized spacial score (nSPS) is 13.1. The van der Waals surface area contributed by atoms with E-state index in [4.69, 9.17) is 54.5 Å². The Labute approximate surface area is 448 Å². The first-order valence-electron chi connectivity index (χ1n) is 24.1. The number of aromatic nitrogens is 2. The van der Waals surface area contributed by atoms with Gasteiger partial charge >= 0.3 is 10.4 Å². The fourth-order valence-corrected chi connectivity index (χ4v) is 10.5. The van der Waals surface area contributed by atoms with Crippen molar-refractivity contribution >= 4 is 55.8 Å². The maximum atomic E-state index is 12.6. The lowest BCUT2D eigenvalue weighted by Gasteiger charge is -2.33. The third-order valence-electron chi connectivity index (χ3n) is 13.6. The largest absolute Gasteiger partial charge is 0.436 e. The topological polar surface area (TPSA) is 147 Å². The van der Waals surface area contributed by atoms with Crippen molar-refractivity contribution < 1.29 is 31.5 Å². The summed E-state index contributed by atoms with van der Waals surface area (Å²) in [6, 6.07) is 82.9. The highest BCUT2D eigenvalue weighted by Gasteiger charge is 2.46. The molecular formula is C64H44Cl2N2O7S. The molecule has 2 heterocycles. The van der Waals surface area contributed by atoms with Crippen LogP contribution < -0.4 is 0 Å². The monoisotopic (exact) mass is 1050 g/mol. The van der Waals surface area contributed by atoms with Crippen LogP contribution in [-0.4, -0.2) is 32.6 Å². The van der Waals surface area contributed by atoms with Crippen LogP contribution in [0.25, 0.3) is 67.4 Å². The Morgan fingerprint density at radius 3 is 1.34 bits per heavy atom. The van der Waals surface area contributed by atoms with Crippen LogP contribution in [0.3, 0.4) is 0 Å². The predicted molar refractivity (Wildman–Crippen MR) is 301 cm³/mol. The van der Waals surface area contributed by atoms with Crippen molar-refractivity contribution in [3.05, 3.63) is 298 Å². The minimum absolute atomic E-state index is 0.494. The summed E-state index contributed by atoms with van der Waals surface area (Å²) in [7, 11) is -4.67. The van der Waals surface area contributed by atoms with Crippen LogP contribution in [0.2, 0.25) is 10.0 Å². The Balaban J connectivity index is 0.000000149. The second-order valence-electron chi connectivity index (χ2n) is 18.1. The van der Waals surface area contributed by atoms with E-state index >= 15 is 0 Å². The SMILES string of the molecule is Clc1ccc(C2(c3ccc4nc(-c5ccccc5)oc4c3)c3ccccc3-c3ccccc32)cc1.O=S(=O)(O)O.OC(c1ccc(Cl)cc1)(c1ccc2nc(-c3ccccc3)oc2c1)c1ccccc1-c1ccccc1. The lowest BCUT2D eigenvalue weighted by Crippen LogP contribution is -2.29. The van der Waals surface area contributed by atoms with E-state index in [0.717, 1.165) is 55.0 Å². The number of aliphatic hydroxyl groups is 1. The van der Waals surface area contributed by atoms with Crippen LogP contribution >= 0.6 is 23.2 Å². The second-order valence-corrected chi connectivity index (χ2v) is 19.8. The zero-order valence-electron chi connectivity index (χ0n) is 40.2. The summed E-state index contributed by atoms with van der Waals surface area (Å²) in [5.74, 6) is 1.17. The number of fused-ring (bicyclic) bond motifs is 5. The molecule has 372 valence electrons. The Kier molecular flexibility index (Phi) is 13.5. The van der Waals surface area contributed by atoms with Crippen LogP contribution in [0.4, 0.5) is 0 Å². The first kappa shape index (κ1) is 49.7. The van der Waals surface area contributed by atoms with Crippen molar-refractivity contribution in [3.8, 4) is 45.2 Å². The van der Waals surface area contributed by atoms with Crippen molar-refractivity contribution in [3.63, 3.8) is 0 Å². The molecule has 0 radical (unpaired) electrons. The molecule has 1 aliphatic rings. The second kappa shape index (κ2) is 20.7. The van der Waals surface area contributed by atoms with Crippen molar-refractivity contribution in [2.24, 2.45) is 0 Å². The molecule has 0 spiro atoms. The Bertz CT molecular complexity index is 4080. The van der Waals surface area contributed by atoms with Gasteiger partial charge in [-0.15, -0.1) is 0 Å². The van der Waals surface area contributed by atoms with Crippen molar-refractivity contribution in [2.75, 3.05) is 0 Å². The van der Waals surface area contributed by atoms with Gasteiger partial charge in [-0.2, -0.15) is 8.42 Å². The van der Waals surface area contributed by atoms with Gasteiger partial charge in [0.05, 0.1) is 5.41 Å². The third kappa shape index (κ3) is 9.61. The number of hydrogen-bond donors (Lipinski definition) is 3. The molecule has 13 rings (SSSR count). The molecule has 0 bridgehead atoms. The molecule has 1 unspecified atom stereocenters. The number of oxazole rings is 2. The summed E-state index contributed by atoms with van der Waals surface area (Å²) in [6.07, 6.45) is 0. The molecule has 76 heavy (non-hydrogen) atoms. The molecular weight excluding hydrogens is 1010 g/mol. The first-order valence-corrected chi connectivity index (χ1v) is 26.2. The van der Waals surface area contributed by atoms with Gasteiger partial charge < -0.3 is 13.9 Å². The van der Waals surface area contributed by atoms with E-state index in [2.05, 4.69) is 83.8 Å². The van der Waals surface area contributed by atoms with E-state index in [0.29, 0.717) is 33.5 Å². The average Bonchev–Trinajstić information content (AvgIpc) is 4.37. The lowest BCUT2D eigenvalue weighted by atomic mass is 9.67. The van der Waals surface area contributed by atoms with Crippen LogP contribution in [0.5, 0.6) is 0 Å². The van der Waals surface area contributed by atoms with E-state index in [-0.39, 0.29) is 0 Å². The zero-order chi connectivity index (χ0) is 52.4. The van der Waals surface area contributed by atoms with Crippen molar-refractivity contribution in [1.82, 2.24) is 9.97 Å². The highest BCUT2D eigenvalue weighted by atomic mass is 35.5. The summed E-state index contributed by atoms with van der Waals surface area (Å²) in [5, 5.41) is 14.0. The number of benzene rings is 10. The fourth-order valence-electron chi connectivity index (χ4n) is 10.3. The molecule has 0 amide bonds. The molecule has 10 aromatic carbocycles. The first-order chi connectivity index (χ1) is 36.9. The van der Waals surface area contributed by atoms with E-state index in [1.165, 1.54) is 27.8 Å². The molecule has 0 aliphatic heterocycles. The molecule has 0 fully saturated rings. The molecule has 3 N–H and O–H groups in total. The Morgan fingerprint density at radius 2 is 0.816 bits per heavy atom. The molecule has 9 nitrogen and oxygen atoms in total. The van der Waals surface area contributed by atoms with Gasteiger partial charge in [0.1, 0.15) is 16.6 Å². The van der Waals surface area contributed by atoms with Gasteiger partial charge in [0, 0.05) is 26.7 Å². The maximum Gasteiger partial charge on any atom is 0.394 e. The van der Waals surface area contributed by atoms with Crippen LogP contribution in [0, 0.1) is 0 Å². The summed E-state index contributed by atoms with van der Waals surface area (Å²) < 4.78 is 44.0. The molecule has 12 heteroatoms. The standard InChI is InChI=1S/C32H22ClNO2.C32H20ClNO.H2O4S/c33-26-18-15-24(16-19-26)32(35,28-14-8-7-13-27(28)22-9-3-1-4-10-22)25-17-20-29-30(21-25)36-31(34-29)23-11-5-2-6-12-23;33-24-17-14-22(15-18-24)32(27-12-6-4-10-25(27)26-11-5-7-13-28(26)32)23-16-19-29-30(20-23)35-31(34-29)21-8-2-1-3-9-21;1-5(2,3)4/h1-21,35H;1-20H;(H2,1,2,3,4). The van der Waals surface area contributed by atoms with E-state index in [1.54, 1.807) is 12.1 Å². The average molecular weight is 1060 g/mol. The molecule has 12 aromatic rings. The van der Waals surface area contributed by atoms with Gasteiger partial charge in [-0.3, -0.25) is 9.11 Å². The molecule has 0 saturated carbocycles. The van der Waals surface area contributed by atoms with Crippen LogP contribution in [-0.2, 0) is 21.4 Å². The highest BCUT2D eigenvalue weighted by Crippen LogP contribution is 2.56. The van der Waals surface area contributed by atoms with Gasteiger partial charge in [0.2, 0.25) is 11.8 Å². The van der Waals surface area contributed by atoms with Gasteiger partial charge in [0.25, 0.3) is 0 Å². The van der Waals surface area contributed by atoms with Crippen LogP contribution in [0.15, 0.2) is 258 Å². The molecule has 0 saturated heterocycles. The number of hydrogen-bond acceptors (Lipinski definition) is 7. The molecule has 1 atom stereocenters. The van der Waals surface area contributed by atoms with Gasteiger partial charge in [-0.1, -0.05) is 199 Å². The van der Waals surface area contributed by atoms with E-state index < -0.39 is 21.4 Å². The summed E-state index contributed by atoms with van der Waals surface area (Å²) in [6.45, 7) is 0. The fraction of sp³-hybridized carbons (Fsp3) is 0.0312. The zero-order valence-corrected chi connectivity index (χ0v) is 42.5. The van der Waals surface area contributed by atoms with Gasteiger partial charge in [-0.25, -0.2) is 9.97 Å². The van der Waals surface area contributed by atoms with Crippen molar-refractivity contribution in [1.29, 1.82) is 0 Å². The Morgan fingerprint density at radius 1 is 0.421 bits per heavy atom. The molecule has 1 aliphatic carbocycles. The maximum absolute atomic E-state index is 12.6. The summed E-state index contributed by atoms with van der Waals surface area (Å²) in [5.41, 5.74) is 14.3. The van der Waals surface area contributed by atoms with Gasteiger partial charge in [-0.05, 0) is 128 Å². The summed E-state index contributed by atoms with van der Waals surface area (Å²) >= 11 is 12.5. The van der Waals surface area contributed by atoms with Gasteiger partial charge in [0.15, 0.2) is 11.2 Å². The minimum atomic E-state index is -4.67. The van der Waals surface area contributed by atoms with E-state index in [1.807, 2.05) is 158 Å². The predicted octanol–water partition coefficient (Wildman–Crippen LogP) is 16.0. The smallest absolute Gasteiger partial charge is 0.394 e. The molecule has 2 aromatic heterocycles. The summed E-state index contributed by atoms with van der Waals surface area (Å²) in [4.78, 5) is 9.42. The minimum Gasteiger partial charge on any atom is -0.436 e. The van der Waals surface area contributed by atoms with E-state index in [9.17, 15) is 5.11 Å². The number of halogens is 2. The quantitative estimate of drug-likeness (QED) is 0.0999. The van der Waals surface area contributed by atoms with Crippen molar-refractivity contribution in [2.45, 2.75) is 11.0 Å².